The standard InChI is InChI=1S/C12H16N2/c1-8(2)14-7-9-5-12(14)10-3-4-13-6-11(9)10/h3-4,6,8-9,12H,5,7H2,1-2H3/t9-,12?/m0/s1. The number of aromatic nitrogens is 1. The minimum atomic E-state index is 0.673. The van der Waals surface area contributed by atoms with Crippen molar-refractivity contribution in [3.8, 4) is 0 Å². The third-order valence-electron chi connectivity index (χ3n) is 3.69. The van der Waals surface area contributed by atoms with Crippen LogP contribution in [-0.2, 0) is 0 Å². The van der Waals surface area contributed by atoms with Crippen molar-refractivity contribution in [2.45, 2.75) is 38.3 Å². The second-order valence-corrected chi connectivity index (χ2v) is 4.74. The third-order valence-corrected chi connectivity index (χ3v) is 3.69. The van der Waals surface area contributed by atoms with E-state index in [0.29, 0.717) is 12.1 Å². The van der Waals surface area contributed by atoms with Gasteiger partial charge in [0.15, 0.2) is 0 Å². The van der Waals surface area contributed by atoms with Crippen molar-refractivity contribution >= 4 is 0 Å². The molecule has 2 heteroatoms. The van der Waals surface area contributed by atoms with E-state index in [9.17, 15) is 0 Å². The Labute approximate surface area is 85.0 Å². The first-order valence-corrected chi connectivity index (χ1v) is 5.47. The summed E-state index contributed by atoms with van der Waals surface area (Å²) in [7, 11) is 0. The number of hydrogen-bond acceptors (Lipinski definition) is 2. The lowest BCUT2D eigenvalue weighted by molar-refractivity contribution is 0.197. The second-order valence-electron chi connectivity index (χ2n) is 4.74. The van der Waals surface area contributed by atoms with Gasteiger partial charge in [0.1, 0.15) is 0 Å². The molecular weight excluding hydrogens is 172 g/mol. The molecule has 0 saturated carbocycles. The molecule has 1 fully saturated rings. The fourth-order valence-electron chi connectivity index (χ4n) is 3.02. The molecule has 3 rings (SSSR count). The highest BCUT2D eigenvalue weighted by molar-refractivity contribution is 5.39. The predicted octanol–water partition coefficient (Wildman–Crippen LogP) is 2.33. The van der Waals surface area contributed by atoms with Crippen molar-refractivity contribution in [2.24, 2.45) is 0 Å². The Balaban J connectivity index is 2.02. The number of fused-ring (bicyclic) bond motifs is 5. The van der Waals surface area contributed by atoms with E-state index >= 15 is 0 Å². The van der Waals surface area contributed by atoms with Crippen molar-refractivity contribution in [3.63, 3.8) is 0 Å². The zero-order valence-electron chi connectivity index (χ0n) is 8.77. The summed E-state index contributed by atoms with van der Waals surface area (Å²) in [6.07, 6.45) is 5.31. The first-order valence-electron chi connectivity index (χ1n) is 5.47. The molecule has 2 heterocycles. The lowest BCUT2D eigenvalue weighted by Crippen LogP contribution is -2.33. The van der Waals surface area contributed by atoms with Crippen LogP contribution in [0.25, 0.3) is 0 Å². The van der Waals surface area contributed by atoms with Crippen LogP contribution in [0.3, 0.4) is 0 Å². The lowest BCUT2D eigenvalue weighted by Gasteiger charge is -2.31. The van der Waals surface area contributed by atoms with E-state index in [1.54, 1.807) is 0 Å². The topological polar surface area (TPSA) is 16.1 Å². The van der Waals surface area contributed by atoms with Gasteiger partial charge >= 0.3 is 0 Å². The summed E-state index contributed by atoms with van der Waals surface area (Å²) < 4.78 is 0. The third kappa shape index (κ3) is 0.976. The summed E-state index contributed by atoms with van der Waals surface area (Å²) in [5, 5.41) is 0. The summed E-state index contributed by atoms with van der Waals surface area (Å²) in [5.41, 5.74) is 3.04. The molecule has 74 valence electrons. The molecule has 0 radical (unpaired) electrons. The Kier molecular flexibility index (Phi) is 1.68. The van der Waals surface area contributed by atoms with E-state index in [2.05, 4.69) is 36.0 Å². The second kappa shape index (κ2) is 2.80. The first kappa shape index (κ1) is 8.42. The number of hydrogen-bond donors (Lipinski definition) is 0. The molecule has 14 heavy (non-hydrogen) atoms. The quantitative estimate of drug-likeness (QED) is 0.672. The Morgan fingerprint density at radius 2 is 2.29 bits per heavy atom. The van der Waals surface area contributed by atoms with Gasteiger partial charge < -0.3 is 0 Å². The Hall–Kier alpha value is -0.890. The van der Waals surface area contributed by atoms with Crippen molar-refractivity contribution in [2.75, 3.05) is 6.54 Å². The predicted molar refractivity (Wildman–Crippen MR) is 56.2 cm³/mol. The maximum absolute atomic E-state index is 4.23. The summed E-state index contributed by atoms with van der Waals surface area (Å²) in [5.74, 6) is 0.756. The van der Waals surface area contributed by atoms with Crippen LogP contribution >= 0.6 is 0 Å². The number of likely N-dealkylation sites (tertiary alicyclic amines) is 1. The molecule has 2 atom stereocenters. The highest BCUT2D eigenvalue weighted by Gasteiger charge is 2.42. The SMILES string of the molecule is CC(C)N1C[C@@H]2CC1c1ccncc12. The van der Waals surface area contributed by atoms with Gasteiger partial charge in [0.2, 0.25) is 0 Å². The van der Waals surface area contributed by atoms with Gasteiger partial charge in [-0.2, -0.15) is 0 Å². The molecule has 2 aliphatic rings. The minimum absolute atomic E-state index is 0.673. The van der Waals surface area contributed by atoms with E-state index in [0.717, 1.165) is 5.92 Å². The normalized spacial score (nSPS) is 29.9. The van der Waals surface area contributed by atoms with E-state index in [-0.39, 0.29) is 0 Å². The van der Waals surface area contributed by atoms with E-state index in [1.807, 2.05) is 6.20 Å². The molecule has 0 amide bonds. The molecule has 1 aliphatic heterocycles. The summed E-state index contributed by atoms with van der Waals surface area (Å²) in [6.45, 7) is 5.82. The fraction of sp³-hybridized carbons (Fsp3) is 0.583. The van der Waals surface area contributed by atoms with Crippen molar-refractivity contribution < 1.29 is 0 Å². The van der Waals surface area contributed by atoms with Crippen LogP contribution in [0.5, 0.6) is 0 Å². The van der Waals surface area contributed by atoms with Gasteiger partial charge in [-0.05, 0) is 37.5 Å². The monoisotopic (exact) mass is 188 g/mol. The zero-order chi connectivity index (χ0) is 9.71. The van der Waals surface area contributed by atoms with Gasteiger partial charge in [-0.3, -0.25) is 9.88 Å². The maximum Gasteiger partial charge on any atom is 0.0361 e. The van der Waals surface area contributed by atoms with E-state index in [1.165, 1.54) is 24.1 Å². The maximum atomic E-state index is 4.23. The first-order chi connectivity index (χ1) is 6.77. The lowest BCUT2D eigenvalue weighted by atomic mass is 10.0. The molecule has 2 nitrogen and oxygen atoms in total. The molecular formula is C12H16N2. The molecule has 0 aromatic carbocycles. The van der Waals surface area contributed by atoms with E-state index in [4.69, 9.17) is 0 Å². The van der Waals surface area contributed by atoms with Crippen LogP contribution < -0.4 is 0 Å². The van der Waals surface area contributed by atoms with Gasteiger partial charge in [-0.15, -0.1) is 0 Å². The molecule has 1 unspecified atom stereocenters. The van der Waals surface area contributed by atoms with Crippen LogP contribution in [-0.4, -0.2) is 22.5 Å². The van der Waals surface area contributed by atoms with Crippen LogP contribution in [0, 0.1) is 0 Å². The highest BCUT2D eigenvalue weighted by Crippen LogP contribution is 2.50. The largest absolute Gasteiger partial charge is 0.293 e. The zero-order valence-corrected chi connectivity index (χ0v) is 8.77. The van der Waals surface area contributed by atoms with E-state index < -0.39 is 0 Å². The summed E-state index contributed by atoms with van der Waals surface area (Å²) >= 11 is 0. The van der Waals surface area contributed by atoms with Crippen LogP contribution in [0.1, 0.15) is 43.4 Å². The summed E-state index contributed by atoms with van der Waals surface area (Å²) in [4.78, 5) is 6.84. The average molecular weight is 188 g/mol. The summed E-state index contributed by atoms with van der Waals surface area (Å²) in [6, 6.07) is 3.55. The molecule has 1 saturated heterocycles. The molecule has 1 aromatic heterocycles. The smallest absolute Gasteiger partial charge is 0.0361 e. The van der Waals surface area contributed by atoms with Crippen molar-refractivity contribution in [1.82, 2.24) is 9.88 Å². The van der Waals surface area contributed by atoms with Crippen molar-refractivity contribution in [3.05, 3.63) is 29.6 Å². The number of rotatable bonds is 1. The minimum Gasteiger partial charge on any atom is -0.293 e. The Bertz CT molecular complexity index is 359. The molecule has 0 spiro atoms. The highest BCUT2D eigenvalue weighted by atomic mass is 15.2. The van der Waals surface area contributed by atoms with Gasteiger partial charge in [0.05, 0.1) is 0 Å². The van der Waals surface area contributed by atoms with Crippen LogP contribution in [0.4, 0.5) is 0 Å². The Morgan fingerprint density at radius 1 is 1.43 bits per heavy atom. The van der Waals surface area contributed by atoms with Gasteiger partial charge in [-0.25, -0.2) is 0 Å². The van der Waals surface area contributed by atoms with Gasteiger partial charge in [-0.1, -0.05) is 0 Å². The van der Waals surface area contributed by atoms with Gasteiger partial charge in [0.25, 0.3) is 0 Å². The fourth-order valence-corrected chi connectivity index (χ4v) is 3.02. The van der Waals surface area contributed by atoms with Crippen molar-refractivity contribution in [1.29, 1.82) is 0 Å². The van der Waals surface area contributed by atoms with Crippen LogP contribution in [0.2, 0.25) is 0 Å². The number of nitrogens with zero attached hydrogens (tertiary/aromatic N) is 2. The number of pyridine rings is 1. The van der Waals surface area contributed by atoms with Crippen LogP contribution in [0.15, 0.2) is 18.5 Å². The molecule has 0 N–H and O–H groups in total. The molecule has 1 aliphatic carbocycles. The van der Waals surface area contributed by atoms with Gasteiger partial charge in [0, 0.05) is 36.9 Å². The average Bonchev–Trinajstić information content (AvgIpc) is 2.75. The molecule has 2 bridgehead atoms. The Morgan fingerprint density at radius 3 is 3.07 bits per heavy atom. The molecule has 1 aromatic rings.